The van der Waals surface area contributed by atoms with Crippen LogP contribution in [0.1, 0.15) is 14.4 Å². The highest BCUT2D eigenvalue weighted by Crippen LogP contribution is 2.60. The molecule has 0 atom stereocenters. The first-order valence-electron chi connectivity index (χ1n) is 4.48. The van der Waals surface area contributed by atoms with E-state index in [1.54, 1.807) is 0 Å². The van der Waals surface area contributed by atoms with E-state index in [2.05, 4.69) is 6.92 Å². The zero-order chi connectivity index (χ0) is 10.5. The largest absolute Gasteiger partial charge is 0.306 e. The van der Waals surface area contributed by atoms with Crippen molar-refractivity contribution in [3.05, 3.63) is 0 Å². The molecule has 0 radical (unpaired) electrons. The molecular weight excluding hydrogens is 273 g/mol. The van der Waals surface area contributed by atoms with Gasteiger partial charge in [0.05, 0.1) is 5.90 Å². The maximum absolute atomic E-state index is 5.04. The monoisotopic (exact) mass is 290 g/mol. The van der Waals surface area contributed by atoms with Crippen LogP contribution >= 0.6 is 25.1 Å². The van der Waals surface area contributed by atoms with Crippen LogP contribution in [0.4, 0.5) is 0 Å². The van der Waals surface area contributed by atoms with Crippen molar-refractivity contribution >= 4 is 25.1 Å². The molecule has 9 heteroatoms. The van der Waals surface area contributed by atoms with Gasteiger partial charge in [-0.25, -0.2) is 0 Å². The van der Waals surface area contributed by atoms with Gasteiger partial charge < -0.3 is 27.1 Å². The molecule has 16 heavy (non-hydrogen) atoms. The van der Waals surface area contributed by atoms with Gasteiger partial charge >= 0.3 is 0 Å². The molecule has 96 valence electrons. The van der Waals surface area contributed by atoms with E-state index < -0.39 is 25.1 Å². The number of rotatable bonds is 3. The van der Waals surface area contributed by atoms with Gasteiger partial charge in [0.25, 0.3) is 0 Å². The summed E-state index contributed by atoms with van der Waals surface area (Å²) in [5, 5.41) is 0. The van der Waals surface area contributed by atoms with E-state index in [9.17, 15) is 0 Å². The van der Waals surface area contributed by atoms with Gasteiger partial charge in [0, 0.05) is 6.16 Å². The van der Waals surface area contributed by atoms with Crippen LogP contribution in [0.15, 0.2) is 0 Å². The summed E-state index contributed by atoms with van der Waals surface area (Å²) in [5.74, 6) is 0.824. The molecule has 3 rings (SSSR count). The Morgan fingerprint density at radius 2 is 1.12 bits per heavy atom. The molecule has 0 aromatic carbocycles. The molecule has 3 heterocycles. The van der Waals surface area contributed by atoms with Gasteiger partial charge in [-0.3, -0.25) is 0 Å². The smallest absolute Gasteiger partial charge is 0.184 e. The van der Waals surface area contributed by atoms with Crippen molar-refractivity contribution in [3.8, 4) is 0 Å². The summed E-state index contributed by atoms with van der Waals surface area (Å²) in [6.45, 7) is 3.49. The van der Waals surface area contributed by atoms with Gasteiger partial charge in [-0.15, -0.1) is 0 Å². The third-order valence-electron chi connectivity index (χ3n) is 1.67. The minimum atomic E-state index is -0.613. The second-order valence-electron chi connectivity index (χ2n) is 2.58. The van der Waals surface area contributed by atoms with Crippen molar-refractivity contribution in [2.75, 3.05) is 32.4 Å². The first-order valence-corrected chi connectivity index (χ1v) is 8.57. The van der Waals surface area contributed by atoms with Crippen LogP contribution in [0, 0.1) is 0 Å². The van der Waals surface area contributed by atoms with E-state index in [1.807, 2.05) is 0 Å². The summed E-state index contributed by atoms with van der Waals surface area (Å²) in [4.78, 5) is 0. The average molecular weight is 290 g/mol. The third-order valence-corrected chi connectivity index (χ3v) is 6.39. The molecule has 3 aliphatic rings. The SMILES string of the molecule is C.C1OP(CP2OCO2)O1.CCP1OCO1. The summed E-state index contributed by atoms with van der Waals surface area (Å²) in [6, 6.07) is 0. The second kappa shape index (κ2) is 8.20. The van der Waals surface area contributed by atoms with Crippen molar-refractivity contribution in [2.45, 2.75) is 14.4 Å². The minimum Gasteiger partial charge on any atom is -0.306 e. The molecule has 0 amide bonds. The molecule has 3 aliphatic heterocycles. The molecule has 0 spiro atoms. The molecule has 0 aromatic rings. The first-order chi connectivity index (χ1) is 7.38. The summed E-state index contributed by atoms with van der Waals surface area (Å²) < 4.78 is 30.0. The van der Waals surface area contributed by atoms with Crippen molar-refractivity contribution in [3.63, 3.8) is 0 Å². The van der Waals surface area contributed by atoms with Crippen molar-refractivity contribution in [1.82, 2.24) is 0 Å². The molecule has 3 fully saturated rings. The van der Waals surface area contributed by atoms with Crippen LogP contribution in [0.5, 0.6) is 0 Å². The fraction of sp³-hybridized carbons (Fsp3) is 1.00. The van der Waals surface area contributed by atoms with Gasteiger partial charge in [0.15, 0.2) is 45.5 Å². The lowest BCUT2D eigenvalue weighted by molar-refractivity contribution is 0.0282. The molecule has 0 aliphatic carbocycles. The molecule has 0 bridgehead atoms. The van der Waals surface area contributed by atoms with Gasteiger partial charge in [-0.1, -0.05) is 14.4 Å². The Hall–Kier alpha value is 1.05. The van der Waals surface area contributed by atoms with Crippen LogP contribution in [-0.2, 0) is 27.1 Å². The van der Waals surface area contributed by atoms with E-state index in [0.717, 1.165) is 12.1 Å². The zero-order valence-corrected chi connectivity index (χ0v) is 11.0. The lowest BCUT2D eigenvalue weighted by Crippen LogP contribution is -2.13. The highest BCUT2D eigenvalue weighted by atomic mass is 31.2. The van der Waals surface area contributed by atoms with Crippen molar-refractivity contribution < 1.29 is 27.1 Å². The Balaban J connectivity index is 0.000000162. The van der Waals surface area contributed by atoms with Crippen LogP contribution in [0.25, 0.3) is 0 Å². The van der Waals surface area contributed by atoms with Crippen molar-refractivity contribution in [1.29, 1.82) is 0 Å². The minimum absolute atomic E-state index is 0. The first kappa shape index (κ1) is 15.1. The van der Waals surface area contributed by atoms with E-state index in [1.165, 1.54) is 0 Å². The summed E-state index contributed by atoms with van der Waals surface area (Å²) >= 11 is 0. The van der Waals surface area contributed by atoms with Crippen molar-refractivity contribution in [2.24, 2.45) is 0 Å². The summed E-state index contributed by atoms with van der Waals surface area (Å²) in [5.41, 5.74) is 0. The molecule has 0 N–H and O–H groups in total. The quantitative estimate of drug-likeness (QED) is 0.741. The molecule has 0 aromatic heterocycles. The van der Waals surface area contributed by atoms with E-state index in [-0.39, 0.29) is 7.43 Å². The zero-order valence-electron chi connectivity index (χ0n) is 8.33. The van der Waals surface area contributed by atoms with Gasteiger partial charge in [-0.05, 0) is 0 Å². The Kier molecular flexibility index (Phi) is 7.75. The Morgan fingerprint density at radius 1 is 0.750 bits per heavy atom. The fourth-order valence-corrected chi connectivity index (χ4v) is 4.01. The van der Waals surface area contributed by atoms with E-state index >= 15 is 0 Å². The van der Waals surface area contributed by atoms with Crippen LogP contribution in [0.3, 0.4) is 0 Å². The van der Waals surface area contributed by atoms with E-state index in [0.29, 0.717) is 20.4 Å². The average Bonchev–Trinajstić information content (AvgIpc) is 1.97. The Bertz CT molecular complexity index is 170. The standard InChI is InChI=1S/C3H6O4P2.C3H7O2P.CH4/c1-4-8(5-1)3-9-6-2-7-9;1-2-6-4-3-5-6;/h1-3H2;2-3H2,1H3;1H4. The molecule has 6 nitrogen and oxygen atoms in total. The lowest BCUT2D eigenvalue weighted by Gasteiger charge is -2.31. The molecule has 0 saturated carbocycles. The number of hydrogen-bond donors (Lipinski definition) is 0. The summed E-state index contributed by atoms with van der Waals surface area (Å²) in [7, 11) is -1.62. The summed E-state index contributed by atoms with van der Waals surface area (Å²) in [6.07, 6.45) is 1.04. The van der Waals surface area contributed by atoms with E-state index in [4.69, 9.17) is 27.1 Å². The molecular formula is C7H17O6P3. The van der Waals surface area contributed by atoms with Gasteiger partial charge in [0.2, 0.25) is 0 Å². The maximum atomic E-state index is 5.04. The maximum Gasteiger partial charge on any atom is 0.184 e. The molecule has 0 unspecified atom stereocenters. The highest BCUT2D eigenvalue weighted by molar-refractivity contribution is 7.66. The van der Waals surface area contributed by atoms with Crippen LogP contribution < -0.4 is 0 Å². The normalized spacial score (nSPS) is 25.3. The second-order valence-corrected chi connectivity index (χ2v) is 7.89. The Morgan fingerprint density at radius 3 is 1.25 bits per heavy atom. The van der Waals surface area contributed by atoms with Gasteiger partial charge in [0.1, 0.15) is 0 Å². The highest BCUT2D eigenvalue weighted by Gasteiger charge is 2.30. The predicted octanol–water partition coefficient (Wildman–Crippen LogP) is 3.53. The molecule has 3 saturated heterocycles. The fourth-order valence-electron chi connectivity index (χ4n) is 0.822. The topological polar surface area (TPSA) is 55.4 Å². The van der Waals surface area contributed by atoms with Crippen LogP contribution in [-0.4, -0.2) is 32.4 Å². The third kappa shape index (κ3) is 4.73. The lowest BCUT2D eigenvalue weighted by atomic mass is 11.0. The van der Waals surface area contributed by atoms with Gasteiger partial charge in [-0.2, -0.15) is 0 Å². The Labute approximate surface area is 99.6 Å². The number of hydrogen-bond acceptors (Lipinski definition) is 6. The van der Waals surface area contributed by atoms with Crippen LogP contribution in [0.2, 0.25) is 0 Å². The predicted molar refractivity (Wildman–Crippen MR) is 64.0 cm³/mol.